The van der Waals surface area contributed by atoms with Gasteiger partial charge in [-0.2, -0.15) is 0 Å². The Kier molecular flexibility index (Phi) is 7.35. The largest absolute Gasteiger partial charge is 0.461 e. The van der Waals surface area contributed by atoms with Gasteiger partial charge in [0.1, 0.15) is 11.1 Å². The van der Waals surface area contributed by atoms with Gasteiger partial charge in [-0.25, -0.2) is 9.78 Å². The molecule has 114 valence electrons. The Balaban J connectivity index is 2.72. The minimum atomic E-state index is -0.698. The lowest BCUT2D eigenvalue weighted by Crippen LogP contribution is -2.29. The van der Waals surface area contributed by atoms with E-state index in [0.717, 1.165) is 0 Å². The monoisotopic (exact) mass is 412 g/mol. The van der Waals surface area contributed by atoms with Gasteiger partial charge in [-0.15, -0.1) is 11.3 Å². The number of carbonyl (C=O) groups is 1. The van der Waals surface area contributed by atoms with Gasteiger partial charge in [-0.05, 0) is 25.2 Å². The highest BCUT2D eigenvalue weighted by Gasteiger charge is 2.25. The summed E-state index contributed by atoms with van der Waals surface area (Å²) in [5.74, 6) is 0.120. The molecular weight excluding hydrogens is 391 g/mol. The van der Waals surface area contributed by atoms with Crippen LogP contribution in [0, 0.1) is 11.8 Å². The van der Waals surface area contributed by atoms with E-state index in [9.17, 15) is 9.90 Å². The molecule has 0 fully saturated rings. The molecule has 1 heterocycles. The molecule has 0 aromatic carbocycles. The van der Waals surface area contributed by atoms with E-state index in [-0.39, 0.29) is 15.7 Å². The summed E-state index contributed by atoms with van der Waals surface area (Å²) < 4.78 is 4.86. The van der Waals surface area contributed by atoms with Crippen molar-refractivity contribution in [2.24, 2.45) is 17.6 Å². The second-order valence-corrected chi connectivity index (χ2v) is 7.22. The number of aromatic nitrogens is 1. The fourth-order valence-corrected chi connectivity index (χ4v) is 3.78. The lowest BCUT2D eigenvalue weighted by atomic mass is 9.90. The van der Waals surface area contributed by atoms with E-state index in [2.05, 4.69) is 41.4 Å². The molecule has 3 atom stereocenters. The first kappa shape index (κ1) is 17.8. The van der Waals surface area contributed by atoms with Crippen LogP contribution in [0.4, 0.5) is 0 Å². The molecule has 0 aliphatic rings. The molecule has 0 bridgehead atoms. The van der Waals surface area contributed by atoms with Gasteiger partial charge in [0, 0.05) is 5.38 Å². The maximum absolute atomic E-state index is 11.5. The van der Waals surface area contributed by atoms with Crippen molar-refractivity contribution in [3.05, 3.63) is 16.1 Å². The lowest BCUT2D eigenvalue weighted by Gasteiger charge is -2.25. The number of aliphatic hydroxyl groups is 1. The van der Waals surface area contributed by atoms with Gasteiger partial charge in [0.15, 0.2) is 5.69 Å². The summed E-state index contributed by atoms with van der Waals surface area (Å²) in [6, 6.07) is 0. The Morgan fingerprint density at radius 3 is 2.75 bits per heavy atom. The molecule has 7 heteroatoms. The number of esters is 1. The predicted octanol–water partition coefficient (Wildman–Crippen LogP) is 2.74. The number of carbonyl (C=O) groups excluding carboxylic acids is 1. The summed E-state index contributed by atoms with van der Waals surface area (Å²) in [5.41, 5.74) is 6.20. The topological polar surface area (TPSA) is 85.4 Å². The first-order valence-corrected chi connectivity index (χ1v) is 8.69. The first-order valence-electron chi connectivity index (χ1n) is 6.57. The van der Waals surface area contributed by atoms with E-state index < -0.39 is 12.1 Å². The molecule has 0 amide bonds. The smallest absolute Gasteiger partial charge is 0.357 e. The van der Waals surface area contributed by atoms with E-state index in [1.165, 1.54) is 11.3 Å². The minimum absolute atomic E-state index is 0.0215. The first-order chi connectivity index (χ1) is 9.36. The van der Waals surface area contributed by atoms with Crippen LogP contribution in [0.25, 0.3) is 0 Å². The molecule has 0 aliphatic carbocycles. The Bertz CT molecular complexity index is 429. The average Bonchev–Trinajstić information content (AvgIpc) is 2.84. The number of aliphatic hydroxyl groups excluding tert-OH is 1. The van der Waals surface area contributed by atoms with Crippen LogP contribution in [0.2, 0.25) is 0 Å². The normalized spacial score (nSPS) is 15.9. The Morgan fingerprint density at radius 2 is 2.25 bits per heavy atom. The molecule has 3 N–H and O–H groups in total. The molecule has 0 aliphatic heterocycles. The number of hydrogen-bond acceptors (Lipinski definition) is 6. The number of nitrogens with zero attached hydrogens (tertiary/aromatic N) is 1. The highest BCUT2D eigenvalue weighted by atomic mass is 127. The average molecular weight is 412 g/mol. The fraction of sp³-hybridized carbons (Fsp3) is 0.692. The quantitative estimate of drug-likeness (QED) is 0.311. The number of thiazole rings is 1. The number of nitrogens with two attached hydrogens (primary N) is 1. The number of hydrogen-bond donors (Lipinski definition) is 2. The number of rotatable bonds is 7. The van der Waals surface area contributed by atoms with Crippen molar-refractivity contribution in [2.75, 3.05) is 6.61 Å². The van der Waals surface area contributed by atoms with E-state index in [4.69, 9.17) is 10.5 Å². The molecule has 0 spiro atoms. The Labute approximate surface area is 137 Å². The van der Waals surface area contributed by atoms with E-state index in [1.54, 1.807) is 12.3 Å². The van der Waals surface area contributed by atoms with Gasteiger partial charge in [0.25, 0.3) is 0 Å². The summed E-state index contributed by atoms with van der Waals surface area (Å²) in [6.07, 6.45) is -0.159. The van der Waals surface area contributed by atoms with Crippen molar-refractivity contribution >= 4 is 39.9 Å². The zero-order valence-electron chi connectivity index (χ0n) is 11.9. The van der Waals surface area contributed by atoms with E-state index in [0.29, 0.717) is 24.0 Å². The molecule has 0 radical (unpaired) electrons. The summed E-state index contributed by atoms with van der Waals surface area (Å²) in [5, 5.41) is 12.4. The fourth-order valence-electron chi connectivity index (χ4n) is 1.87. The third-order valence-corrected chi connectivity index (χ3v) is 4.92. The zero-order valence-corrected chi connectivity index (χ0v) is 14.8. The van der Waals surface area contributed by atoms with Crippen molar-refractivity contribution in [2.45, 2.75) is 37.3 Å². The maximum atomic E-state index is 11.5. The van der Waals surface area contributed by atoms with Crippen molar-refractivity contribution in [1.29, 1.82) is 0 Å². The van der Waals surface area contributed by atoms with Crippen molar-refractivity contribution < 1.29 is 14.6 Å². The van der Waals surface area contributed by atoms with Crippen LogP contribution in [-0.4, -0.2) is 26.7 Å². The maximum Gasteiger partial charge on any atom is 0.357 e. The molecule has 1 aromatic rings. The second-order valence-electron chi connectivity index (χ2n) is 4.90. The van der Waals surface area contributed by atoms with Gasteiger partial charge in [-0.1, -0.05) is 36.4 Å². The van der Waals surface area contributed by atoms with Gasteiger partial charge >= 0.3 is 5.97 Å². The van der Waals surface area contributed by atoms with E-state index >= 15 is 0 Å². The second kappa shape index (κ2) is 8.26. The van der Waals surface area contributed by atoms with E-state index in [1.807, 2.05) is 0 Å². The van der Waals surface area contributed by atoms with Crippen LogP contribution in [0.5, 0.6) is 0 Å². The molecule has 20 heavy (non-hydrogen) atoms. The molecule has 1 unspecified atom stereocenters. The molecular formula is C13H21IN2O3S. The third kappa shape index (κ3) is 4.94. The predicted molar refractivity (Wildman–Crippen MR) is 88.0 cm³/mol. The number of ether oxygens (including phenoxy) is 1. The van der Waals surface area contributed by atoms with Crippen molar-refractivity contribution in [3.8, 4) is 0 Å². The molecule has 0 saturated heterocycles. The van der Waals surface area contributed by atoms with Crippen LogP contribution in [0.3, 0.4) is 0 Å². The minimum Gasteiger partial charge on any atom is -0.461 e. The summed E-state index contributed by atoms with van der Waals surface area (Å²) >= 11 is 3.45. The van der Waals surface area contributed by atoms with Gasteiger partial charge in [0.2, 0.25) is 0 Å². The molecule has 0 saturated carbocycles. The molecule has 1 rings (SSSR count). The lowest BCUT2D eigenvalue weighted by molar-refractivity contribution is 0.0519. The SMILES string of the molecule is CCOC(=O)c1csc([C@H](O)C[C@H](C(C)C)C(N)I)n1. The third-order valence-electron chi connectivity index (χ3n) is 3.05. The highest BCUT2D eigenvalue weighted by Crippen LogP contribution is 2.31. The van der Waals surface area contributed by atoms with Crippen LogP contribution >= 0.6 is 33.9 Å². The summed E-state index contributed by atoms with van der Waals surface area (Å²) in [4.78, 5) is 15.7. The standard InChI is InChI=1S/C13H21IN2O3S/c1-4-19-13(18)9-6-20-12(16-9)10(17)5-8(7(2)3)11(14)15/h6-8,10-11,17H,4-5,15H2,1-3H3/t8-,10-,11?/m1/s1. The Morgan fingerprint density at radius 1 is 1.60 bits per heavy atom. The van der Waals surface area contributed by atoms with Crippen molar-refractivity contribution in [1.82, 2.24) is 4.98 Å². The molecule has 5 nitrogen and oxygen atoms in total. The Hall–Kier alpha value is -0.250. The highest BCUT2D eigenvalue weighted by molar-refractivity contribution is 14.1. The van der Waals surface area contributed by atoms with Crippen LogP contribution in [-0.2, 0) is 4.74 Å². The van der Waals surface area contributed by atoms with Gasteiger partial charge in [-0.3, -0.25) is 0 Å². The zero-order chi connectivity index (χ0) is 15.3. The number of halogens is 1. The van der Waals surface area contributed by atoms with Crippen molar-refractivity contribution in [3.63, 3.8) is 0 Å². The van der Waals surface area contributed by atoms with Gasteiger partial charge < -0.3 is 15.6 Å². The van der Waals surface area contributed by atoms with Gasteiger partial charge in [0.05, 0.1) is 10.7 Å². The summed E-state index contributed by atoms with van der Waals surface area (Å²) in [6.45, 7) is 6.23. The molecule has 1 aromatic heterocycles. The van der Waals surface area contributed by atoms with Crippen LogP contribution < -0.4 is 5.73 Å². The van der Waals surface area contributed by atoms with Crippen LogP contribution in [0.15, 0.2) is 5.38 Å². The summed E-state index contributed by atoms with van der Waals surface area (Å²) in [7, 11) is 0. The van der Waals surface area contributed by atoms with Crippen LogP contribution in [0.1, 0.15) is 48.8 Å². The number of alkyl halides is 1.